The van der Waals surface area contributed by atoms with E-state index in [1.54, 1.807) is 0 Å². The second-order valence-electron chi connectivity index (χ2n) is 5.53. The van der Waals surface area contributed by atoms with Crippen molar-refractivity contribution in [1.82, 2.24) is 9.59 Å². The molecule has 0 spiro atoms. The van der Waals surface area contributed by atoms with Crippen molar-refractivity contribution < 1.29 is 4.74 Å². The van der Waals surface area contributed by atoms with Crippen LogP contribution in [0.2, 0.25) is 4.34 Å². The van der Waals surface area contributed by atoms with Crippen molar-refractivity contribution in [1.29, 1.82) is 0 Å². The average molecular weight is 297 g/mol. The first-order valence-corrected chi connectivity index (χ1v) is 7.24. The normalized spacial score (nSPS) is 11.6. The molecule has 0 saturated heterocycles. The Hall–Kier alpha value is -1.13. The molecule has 5 heteroatoms. The van der Waals surface area contributed by atoms with Gasteiger partial charge in [-0.1, -0.05) is 49.0 Å². The molecule has 0 amide bonds. The van der Waals surface area contributed by atoms with Gasteiger partial charge in [0.05, 0.1) is 0 Å². The Morgan fingerprint density at radius 2 is 2.05 bits per heavy atom. The second-order valence-corrected chi connectivity index (χ2v) is 6.89. The van der Waals surface area contributed by atoms with E-state index in [1.165, 1.54) is 22.7 Å². The quantitative estimate of drug-likeness (QED) is 0.843. The van der Waals surface area contributed by atoms with Crippen LogP contribution < -0.4 is 4.74 Å². The minimum atomic E-state index is 0.0349. The Labute approximate surface area is 122 Å². The third kappa shape index (κ3) is 3.45. The molecular formula is C14H17ClN2OS. The van der Waals surface area contributed by atoms with Crippen molar-refractivity contribution in [3.05, 3.63) is 39.4 Å². The van der Waals surface area contributed by atoms with Gasteiger partial charge < -0.3 is 4.74 Å². The maximum Gasteiger partial charge on any atom is 0.141 e. The lowest BCUT2D eigenvalue weighted by atomic mass is 9.86. The van der Waals surface area contributed by atoms with Crippen LogP contribution in [0.15, 0.2) is 18.2 Å². The van der Waals surface area contributed by atoms with Crippen molar-refractivity contribution in [2.45, 2.75) is 39.7 Å². The molecule has 0 atom stereocenters. The minimum absolute atomic E-state index is 0.0349. The summed E-state index contributed by atoms with van der Waals surface area (Å²) >= 11 is 7.16. The fraction of sp³-hybridized carbons (Fsp3) is 0.429. The zero-order valence-corrected chi connectivity index (χ0v) is 13.1. The number of ether oxygens (including phenoxy) is 1. The van der Waals surface area contributed by atoms with Crippen molar-refractivity contribution in [3.63, 3.8) is 0 Å². The standard InChI is InChI=1S/C14H17ClN2OS/c1-9-5-6-10(14(2,3)4)12(7-9)18-8-11-13(15)19-17-16-11/h5-7H,8H2,1-4H3. The molecule has 0 aliphatic heterocycles. The van der Waals surface area contributed by atoms with Gasteiger partial charge in [-0.2, -0.15) is 0 Å². The minimum Gasteiger partial charge on any atom is -0.487 e. The molecule has 0 saturated carbocycles. The SMILES string of the molecule is Cc1ccc(C(C)(C)C)c(OCc2nnsc2Cl)c1. The van der Waals surface area contributed by atoms with Gasteiger partial charge in [-0.3, -0.25) is 0 Å². The van der Waals surface area contributed by atoms with E-state index in [2.05, 4.69) is 49.4 Å². The number of aryl methyl sites for hydroxylation is 1. The molecule has 1 aromatic heterocycles. The molecule has 0 unspecified atom stereocenters. The highest BCUT2D eigenvalue weighted by atomic mass is 35.5. The Kier molecular flexibility index (Phi) is 4.11. The Balaban J connectivity index is 2.24. The highest BCUT2D eigenvalue weighted by molar-refractivity contribution is 7.10. The summed E-state index contributed by atoms with van der Waals surface area (Å²) in [6.07, 6.45) is 0. The first kappa shape index (κ1) is 14.3. The summed E-state index contributed by atoms with van der Waals surface area (Å²) in [5, 5.41) is 3.96. The fourth-order valence-corrected chi connectivity index (χ4v) is 2.40. The molecule has 0 aliphatic carbocycles. The largest absolute Gasteiger partial charge is 0.487 e. The van der Waals surface area contributed by atoms with Gasteiger partial charge in [0.1, 0.15) is 22.4 Å². The van der Waals surface area contributed by atoms with Crippen LogP contribution in [0.1, 0.15) is 37.6 Å². The van der Waals surface area contributed by atoms with Gasteiger partial charge in [0, 0.05) is 11.5 Å². The highest BCUT2D eigenvalue weighted by Gasteiger charge is 2.19. The zero-order chi connectivity index (χ0) is 14.0. The number of hydrogen-bond acceptors (Lipinski definition) is 4. The Morgan fingerprint density at radius 3 is 2.63 bits per heavy atom. The summed E-state index contributed by atoms with van der Waals surface area (Å²) in [4.78, 5) is 0. The van der Waals surface area contributed by atoms with Crippen molar-refractivity contribution in [2.75, 3.05) is 0 Å². The lowest BCUT2D eigenvalue weighted by molar-refractivity contribution is 0.292. The summed E-state index contributed by atoms with van der Waals surface area (Å²) in [5.74, 6) is 0.886. The Bertz CT molecular complexity index is 575. The summed E-state index contributed by atoms with van der Waals surface area (Å²) in [5.41, 5.74) is 3.07. The molecule has 0 bridgehead atoms. The van der Waals surface area contributed by atoms with Crippen LogP contribution in [0.3, 0.4) is 0 Å². The number of aromatic nitrogens is 2. The first-order chi connectivity index (χ1) is 8.88. The van der Waals surface area contributed by atoms with Crippen LogP contribution in [0.5, 0.6) is 5.75 Å². The van der Waals surface area contributed by atoms with Crippen molar-refractivity contribution in [2.24, 2.45) is 0 Å². The van der Waals surface area contributed by atoms with Gasteiger partial charge in [0.2, 0.25) is 0 Å². The molecule has 0 fully saturated rings. The van der Waals surface area contributed by atoms with E-state index in [4.69, 9.17) is 16.3 Å². The van der Waals surface area contributed by atoms with Gasteiger partial charge in [0.25, 0.3) is 0 Å². The molecule has 1 heterocycles. The van der Waals surface area contributed by atoms with E-state index in [-0.39, 0.29) is 5.41 Å². The molecule has 102 valence electrons. The number of hydrogen-bond donors (Lipinski definition) is 0. The third-order valence-electron chi connectivity index (χ3n) is 2.82. The topological polar surface area (TPSA) is 35.0 Å². The van der Waals surface area contributed by atoms with Gasteiger partial charge in [0.15, 0.2) is 0 Å². The number of nitrogens with zero attached hydrogens (tertiary/aromatic N) is 2. The van der Waals surface area contributed by atoms with Crippen LogP contribution in [0.4, 0.5) is 0 Å². The maximum absolute atomic E-state index is 5.98. The van der Waals surface area contributed by atoms with Crippen LogP contribution >= 0.6 is 23.1 Å². The summed E-state index contributed by atoms with van der Waals surface area (Å²) in [6.45, 7) is 8.91. The summed E-state index contributed by atoms with van der Waals surface area (Å²) in [6, 6.07) is 6.27. The van der Waals surface area contributed by atoms with Crippen LogP contribution in [-0.2, 0) is 12.0 Å². The first-order valence-electron chi connectivity index (χ1n) is 6.08. The fourth-order valence-electron chi connectivity index (χ4n) is 1.80. The molecule has 19 heavy (non-hydrogen) atoms. The lowest BCUT2D eigenvalue weighted by Crippen LogP contribution is -2.13. The molecule has 2 aromatic rings. The van der Waals surface area contributed by atoms with E-state index in [0.29, 0.717) is 16.6 Å². The van der Waals surface area contributed by atoms with E-state index in [1.807, 2.05) is 6.07 Å². The molecule has 3 nitrogen and oxygen atoms in total. The number of rotatable bonds is 3. The molecule has 0 aliphatic rings. The summed E-state index contributed by atoms with van der Waals surface area (Å²) in [7, 11) is 0. The van der Waals surface area contributed by atoms with Crippen molar-refractivity contribution >= 4 is 23.1 Å². The Morgan fingerprint density at radius 1 is 1.32 bits per heavy atom. The molecule has 0 radical (unpaired) electrons. The number of halogens is 1. The van der Waals surface area contributed by atoms with Gasteiger partial charge in [-0.25, -0.2) is 0 Å². The van der Waals surface area contributed by atoms with E-state index >= 15 is 0 Å². The second kappa shape index (κ2) is 5.47. The smallest absolute Gasteiger partial charge is 0.141 e. The van der Waals surface area contributed by atoms with Crippen molar-refractivity contribution in [3.8, 4) is 5.75 Å². The van der Waals surface area contributed by atoms with Gasteiger partial charge >= 0.3 is 0 Å². The third-order valence-corrected chi connectivity index (χ3v) is 3.80. The van der Waals surface area contributed by atoms with Crippen LogP contribution in [-0.4, -0.2) is 9.59 Å². The van der Waals surface area contributed by atoms with E-state index in [9.17, 15) is 0 Å². The average Bonchev–Trinajstić information content (AvgIpc) is 2.70. The predicted molar refractivity (Wildman–Crippen MR) is 79.1 cm³/mol. The molecular weight excluding hydrogens is 280 g/mol. The zero-order valence-electron chi connectivity index (χ0n) is 11.5. The predicted octanol–water partition coefficient (Wildman–Crippen LogP) is 4.38. The van der Waals surface area contributed by atoms with E-state index < -0.39 is 0 Å². The lowest BCUT2D eigenvalue weighted by Gasteiger charge is -2.23. The summed E-state index contributed by atoms with van der Waals surface area (Å²) < 4.78 is 10.3. The highest BCUT2D eigenvalue weighted by Crippen LogP contribution is 2.32. The van der Waals surface area contributed by atoms with E-state index in [0.717, 1.165) is 5.75 Å². The number of benzene rings is 1. The maximum atomic E-state index is 5.98. The van der Waals surface area contributed by atoms with Crippen LogP contribution in [0.25, 0.3) is 0 Å². The molecule has 1 aromatic carbocycles. The molecule has 2 rings (SSSR count). The monoisotopic (exact) mass is 296 g/mol. The molecule has 0 N–H and O–H groups in total. The van der Waals surface area contributed by atoms with Crippen LogP contribution in [0, 0.1) is 6.92 Å². The van der Waals surface area contributed by atoms with Gasteiger partial charge in [-0.05, 0) is 29.5 Å². The van der Waals surface area contributed by atoms with Gasteiger partial charge in [-0.15, -0.1) is 5.10 Å².